The number of carbonyl (C=O) groups is 2. The Morgan fingerprint density at radius 3 is 2.40 bits per heavy atom. The normalized spacial score (nSPS) is 14.3. The number of aromatic nitrogens is 1. The van der Waals surface area contributed by atoms with Crippen LogP contribution >= 0.6 is 15.9 Å². The van der Waals surface area contributed by atoms with E-state index in [1.807, 2.05) is 13.8 Å². The van der Waals surface area contributed by atoms with Gasteiger partial charge in [0.2, 0.25) is 11.8 Å². The van der Waals surface area contributed by atoms with Crippen LogP contribution in [-0.2, 0) is 22.7 Å². The fourth-order valence-corrected chi connectivity index (χ4v) is 5.25. The van der Waals surface area contributed by atoms with E-state index in [0.717, 1.165) is 61.7 Å². The molecule has 0 bridgehead atoms. The maximum Gasteiger partial charge on any atom is 0.242 e. The Morgan fingerprint density at radius 2 is 1.74 bits per heavy atom. The lowest BCUT2D eigenvalue weighted by atomic mass is 9.94. The van der Waals surface area contributed by atoms with Crippen LogP contribution in [0.3, 0.4) is 0 Å². The van der Waals surface area contributed by atoms with Crippen molar-refractivity contribution in [2.75, 3.05) is 6.54 Å². The van der Waals surface area contributed by atoms with Gasteiger partial charge in [0, 0.05) is 41.4 Å². The molecule has 0 N–H and O–H groups in total. The molecule has 0 atom stereocenters. The second kappa shape index (κ2) is 13.9. The Kier molecular flexibility index (Phi) is 10.9. The van der Waals surface area contributed by atoms with Crippen LogP contribution in [0.1, 0.15) is 89.8 Å². The standard InChI is InChI=1S/C29H42BrN3O2/c1-4-5-7-14-28(34)32(23(2)3)22-29(35)33(26-11-8-6-9-12-26)21-27-13-10-19-31(27)20-24-15-17-25(30)18-16-24/h10,13,15-19,23,26H,4-9,11-12,14,20-22H2,1-3H3. The number of rotatable bonds is 12. The zero-order valence-electron chi connectivity index (χ0n) is 21.7. The molecular weight excluding hydrogens is 502 g/mol. The van der Waals surface area contributed by atoms with Gasteiger partial charge >= 0.3 is 0 Å². The fraction of sp³-hybridized carbons (Fsp3) is 0.586. The summed E-state index contributed by atoms with van der Waals surface area (Å²) >= 11 is 3.51. The van der Waals surface area contributed by atoms with Crippen molar-refractivity contribution in [2.24, 2.45) is 0 Å². The molecular formula is C29H42BrN3O2. The quantitative estimate of drug-likeness (QED) is 0.277. The molecule has 2 aromatic rings. The first-order valence-corrected chi connectivity index (χ1v) is 14.2. The topological polar surface area (TPSA) is 45.6 Å². The lowest BCUT2D eigenvalue weighted by molar-refractivity contribution is -0.144. The molecule has 1 saturated carbocycles. The number of hydrogen-bond acceptors (Lipinski definition) is 2. The van der Waals surface area contributed by atoms with E-state index >= 15 is 0 Å². The molecule has 0 radical (unpaired) electrons. The second-order valence-electron chi connectivity index (χ2n) is 10.1. The average molecular weight is 545 g/mol. The summed E-state index contributed by atoms with van der Waals surface area (Å²) in [5.74, 6) is 0.176. The first kappa shape index (κ1) is 27.5. The molecule has 192 valence electrons. The van der Waals surface area contributed by atoms with Crippen LogP contribution in [0.4, 0.5) is 0 Å². The summed E-state index contributed by atoms with van der Waals surface area (Å²) in [7, 11) is 0. The lowest BCUT2D eigenvalue weighted by Gasteiger charge is -2.37. The summed E-state index contributed by atoms with van der Waals surface area (Å²) in [6.45, 7) is 7.70. The highest BCUT2D eigenvalue weighted by atomic mass is 79.9. The van der Waals surface area contributed by atoms with E-state index in [-0.39, 0.29) is 30.4 Å². The van der Waals surface area contributed by atoms with Crippen molar-refractivity contribution in [3.8, 4) is 0 Å². The van der Waals surface area contributed by atoms with Gasteiger partial charge in [0.1, 0.15) is 0 Å². The van der Waals surface area contributed by atoms with E-state index in [2.05, 4.69) is 74.9 Å². The van der Waals surface area contributed by atoms with Crippen molar-refractivity contribution in [3.63, 3.8) is 0 Å². The van der Waals surface area contributed by atoms with Gasteiger partial charge in [-0.15, -0.1) is 0 Å². The first-order valence-electron chi connectivity index (χ1n) is 13.4. The Bertz CT molecular complexity index is 932. The van der Waals surface area contributed by atoms with Crippen molar-refractivity contribution >= 4 is 27.7 Å². The molecule has 1 aliphatic rings. The molecule has 1 heterocycles. The van der Waals surface area contributed by atoms with Gasteiger partial charge in [-0.2, -0.15) is 0 Å². The molecule has 35 heavy (non-hydrogen) atoms. The van der Waals surface area contributed by atoms with Crippen molar-refractivity contribution in [2.45, 2.75) is 104 Å². The van der Waals surface area contributed by atoms with Gasteiger partial charge in [0.15, 0.2) is 0 Å². The number of amides is 2. The largest absolute Gasteiger partial charge is 0.345 e. The summed E-state index contributed by atoms with van der Waals surface area (Å²) < 4.78 is 3.31. The van der Waals surface area contributed by atoms with Crippen LogP contribution in [0.25, 0.3) is 0 Å². The van der Waals surface area contributed by atoms with E-state index in [0.29, 0.717) is 13.0 Å². The van der Waals surface area contributed by atoms with Crippen LogP contribution in [-0.4, -0.2) is 44.8 Å². The molecule has 0 saturated heterocycles. The van der Waals surface area contributed by atoms with Gasteiger partial charge in [-0.25, -0.2) is 0 Å². The highest BCUT2D eigenvalue weighted by molar-refractivity contribution is 9.10. The van der Waals surface area contributed by atoms with Crippen LogP contribution in [0.5, 0.6) is 0 Å². The summed E-state index contributed by atoms with van der Waals surface area (Å²) in [4.78, 5) is 30.5. The monoisotopic (exact) mass is 543 g/mol. The number of unbranched alkanes of at least 4 members (excludes halogenated alkanes) is 2. The van der Waals surface area contributed by atoms with Crippen molar-refractivity contribution in [1.82, 2.24) is 14.4 Å². The summed E-state index contributed by atoms with van der Waals surface area (Å²) in [6, 6.07) is 12.8. The van der Waals surface area contributed by atoms with E-state index in [1.165, 1.54) is 12.0 Å². The number of nitrogens with zero attached hydrogens (tertiary/aromatic N) is 3. The molecule has 1 aromatic heterocycles. The zero-order valence-corrected chi connectivity index (χ0v) is 23.3. The molecule has 5 nitrogen and oxygen atoms in total. The second-order valence-corrected chi connectivity index (χ2v) is 11.1. The molecule has 3 rings (SSSR count). The van der Waals surface area contributed by atoms with Crippen LogP contribution in [0.2, 0.25) is 0 Å². The molecule has 0 aliphatic heterocycles. The predicted octanol–water partition coefficient (Wildman–Crippen LogP) is 6.78. The molecule has 1 aliphatic carbocycles. The van der Waals surface area contributed by atoms with Crippen LogP contribution < -0.4 is 0 Å². The summed E-state index contributed by atoms with van der Waals surface area (Å²) in [6.07, 6.45) is 11.3. The SMILES string of the molecule is CCCCCC(=O)N(CC(=O)N(Cc1cccn1Cc1ccc(Br)cc1)C1CCCCC1)C(C)C. The highest BCUT2D eigenvalue weighted by Gasteiger charge is 2.29. The van der Waals surface area contributed by atoms with Crippen LogP contribution in [0.15, 0.2) is 47.1 Å². The number of hydrogen-bond donors (Lipinski definition) is 0. The fourth-order valence-electron chi connectivity index (χ4n) is 4.99. The smallest absolute Gasteiger partial charge is 0.242 e. The third kappa shape index (κ3) is 8.23. The van der Waals surface area contributed by atoms with Gasteiger partial charge in [0.25, 0.3) is 0 Å². The van der Waals surface area contributed by atoms with E-state index in [1.54, 1.807) is 4.90 Å². The van der Waals surface area contributed by atoms with E-state index in [4.69, 9.17) is 0 Å². The number of benzene rings is 1. The predicted molar refractivity (Wildman–Crippen MR) is 146 cm³/mol. The van der Waals surface area contributed by atoms with Gasteiger partial charge in [-0.3, -0.25) is 9.59 Å². The third-order valence-electron chi connectivity index (χ3n) is 7.10. The summed E-state index contributed by atoms with van der Waals surface area (Å²) in [5, 5.41) is 0. The van der Waals surface area contributed by atoms with Crippen LogP contribution in [0, 0.1) is 0 Å². The highest BCUT2D eigenvalue weighted by Crippen LogP contribution is 2.25. The van der Waals surface area contributed by atoms with Crippen molar-refractivity contribution in [3.05, 3.63) is 58.3 Å². The first-order chi connectivity index (χ1) is 16.9. The van der Waals surface area contributed by atoms with Gasteiger partial charge in [-0.05, 0) is 62.9 Å². The minimum atomic E-state index is 0.0162. The Labute approximate surface area is 220 Å². The van der Waals surface area contributed by atoms with Gasteiger partial charge in [0.05, 0.1) is 13.1 Å². The molecule has 1 fully saturated rings. The van der Waals surface area contributed by atoms with Crippen molar-refractivity contribution < 1.29 is 9.59 Å². The zero-order chi connectivity index (χ0) is 25.2. The van der Waals surface area contributed by atoms with Gasteiger partial charge in [-0.1, -0.05) is 67.1 Å². The van der Waals surface area contributed by atoms with E-state index in [9.17, 15) is 9.59 Å². The number of carbonyl (C=O) groups excluding carboxylic acids is 2. The summed E-state index contributed by atoms with van der Waals surface area (Å²) in [5.41, 5.74) is 2.36. The average Bonchev–Trinajstić information content (AvgIpc) is 3.29. The molecule has 2 amide bonds. The molecule has 6 heteroatoms. The molecule has 0 unspecified atom stereocenters. The Morgan fingerprint density at radius 1 is 1.03 bits per heavy atom. The minimum Gasteiger partial charge on any atom is -0.345 e. The Balaban J connectivity index is 1.75. The lowest BCUT2D eigenvalue weighted by Crippen LogP contribution is -2.49. The van der Waals surface area contributed by atoms with E-state index < -0.39 is 0 Å². The third-order valence-corrected chi connectivity index (χ3v) is 7.63. The maximum atomic E-state index is 13.7. The molecule has 1 aromatic carbocycles. The maximum absolute atomic E-state index is 13.7. The van der Waals surface area contributed by atoms with Gasteiger partial charge < -0.3 is 14.4 Å². The Hall–Kier alpha value is -2.08. The van der Waals surface area contributed by atoms with Crippen molar-refractivity contribution in [1.29, 1.82) is 0 Å². The number of halogens is 1. The minimum absolute atomic E-state index is 0.0162. The molecule has 0 spiro atoms.